The van der Waals surface area contributed by atoms with Gasteiger partial charge in [-0.05, 0) is 74.2 Å². The van der Waals surface area contributed by atoms with Crippen LogP contribution in [0.5, 0.6) is 0 Å². The standard InChI is InChI=1S/C39H49N7O5S/c1-26(30-15-11-8-12-16-30)43-38(48)32-22-33(24-36(23-32)46(6)52(50,51)45(4)5)39(49)44-35(21-29-13-9-7-10-14-29)25-41-28(3)37(47)42-27(2)31-17-19-34(40)20-18-31/h7-20,22-24,26-28,35,41H,21,25,40H2,1-6H3,(H,42,47)(H,43,48)(H,44,49)/t26-,27-,28+,35+/m1/s1. The van der Waals surface area contributed by atoms with Crippen LogP contribution in [-0.4, -0.2) is 70.2 Å². The van der Waals surface area contributed by atoms with Crippen molar-refractivity contribution in [2.75, 3.05) is 37.7 Å². The fraction of sp³-hybridized carbons (Fsp3) is 0.308. The number of anilines is 2. The smallest absolute Gasteiger partial charge is 0.303 e. The first-order valence-corrected chi connectivity index (χ1v) is 18.5. The number of benzene rings is 4. The average molecular weight is 728 g/mol. The van der Waals surface area contributed by atoms with E-state index in [9.17, 15) is 22.8 Å². The van der Waals surface area contributed by atoms with E-state index >= 15 is 0 Å². The Balaban J connectivity index is 1.57. The third kappa shape index (κ3) is 10.6. The maximum Gasteiger partial charge on any atom is 0.303 e. The molecule has 0 fully saturated rings. The predicted molar refractivity (Wildman–Crippen MR) is 206 cm³/mol. The van der Waals surface area contributed by atoms with E-state index in [2.05, 4.69) is 21.3 Å². The average Bonchev–Trinajstić information content (AvgIpc) is 3.13. The molecule has 0 aromatic heterocycles. The molecule has 0 heterocycles. The molecule has 4 aromatic rings. The first-order valence-electron chi connectivity index (χ1n) is 17.1. The van der Waals surface area contributed by atoms with E-state index in [1.165, 1.54) is 39.3 Å². The van der Waals surface area contributed by atoms with Crippen LogP contribution in [0, 0.1) is 0 Å². The van der Waals surface area contributed by atoms with Crippen molar-refractivity contribution in [2.24, 2.45) is 0 Å². The van der Waals surface area contributed by atoms with Crippen molar-refractivity contribution >= 4 is 39.3 Å². The lowest BCUT2D eigenvalue weighted by atomic mass is 10.0. The zero-order valence-electron chi connectivity index (χ0n) is 30.5. The summed E-state index contributed by atoms with van der Waals surface area (Å²) in [5.74, 6) is -1.20. The van der Waals surface area contributed by atoms with Crippen LogP contribution >= 0.6 is 0 Å². The summed E-state index contributed by atoms with van der Waals surface area (Å²) in [4.78, 5) is 40.7. The van der Waals surface area contributed by atoms with Crippen LogP contribution < -0.4 is 31.3 Å². The molecule has 0 saturated heterocycles. The molecule has 3 amide bonds. The molecule has 0 aliphatic carbocycles. The number of carbonyl (C=O) groups is 3. The summed E-state index contributed by atoms with van der Waals surface area (Å²) in [5.41, 5.74) is 9.55. The number of rotatable bonds is 16. The number of carbonyl (C=O) groups excluding carboxylic acids is 3. The lowest BCUT2D eigenvalue weighted by Crippen LogP contribution is -2.49. The van der Waals surface area contributed by atoms with Gasteiger partial charge in [0.15, 0.2) is 0 Å². The van der Waals surface area contributed by atoms with E-state index in [1.54, 1.807) is 19.1 Å². The largest absolute Gasteiger partial charge is 0.399 e. The van der Waals surface area contributed by atoms with Gasteiger partial charge in [-0.25, -0.2) is 0 Å². The van der Waals surface area contributed by atoms with Crippen LogP contribution in [0.1, 0.15) is 70.3 Å². The Morgan fingerprint density at radius 3 is 1.79 bits per heavy atom. The highest BCUT2D eigenvalue weighted by Gasteiger charge is 2.25. The highest BCUT2D eigenvalue weighted by Crippen LogP contribution is 2.23. The van der Waals surface area contributed by atoms with Crippen molar-refractivity contribution in [3.8, 4) is 0 Å². The topological polar surface area (TPSA) is 166 Å². The van der Waals surface area contributed by atoms with Gasteiger partial charge < -0.3 is 27.0 Å². The van der Waals surface area contributed by atoms with Crippen LogP contribution in [0.4, 0.5) is 11.4 Å². The molecule has 0 saturated carbocycles. The first-order chi connectivity index (χ1) is 24.6. The molecule has 0 unspecified atom stereocenters. The van der Waals surface area contributed by atoms with E-state index in [0.717, 1.165) is 25.3 Å². The maximum atomic E-state index is 14.0. The Hall–Kier alpha value is -5.24. The number of nitrogens with zero attached hydrogens (tertiary/aromatic N) is 2. The predicted octanol–water partition coefficient (Wildman–Crippen LogP) is 4.20. The summed E-state index contributed by atoms with van der Waals surface area (Å²) in [6.07, 6.45) is 0.437. The quantitative estimate of drug-likeness (QED) is 0.108. The summed E-state index contributed by atoms with van der Waals surface area (Å²) in [6, 6.07) is 29.0. The molecule has 4 atom stereocenters. The molecular formula is C39H49N7O5S. The zero-order valence-corrected chi connectivity index (χ0v) is 31.3. The van der Waals surface area contributed by atoms with Crippen LogP contribution in [-0.2, 0) is 21.4 Å². The van der Waals surface area contributed by atoms with Crippen LogP contribution in [0.2, 0.25) is 0 Å². The third-order valence-corrected chi connectivity index (χ3v) is 10.6. The summed E-state index contributed by atoms with van der Waals surface area (Å²) >= 11 is 0. The van der Waals surface area contributed by atoms with E-state index in [1.807, 2.05) is 86.6 Å². The van der Waals surface area contributed by atoms with Gasteiger partial charge in [0.2, 0.25) is 5.91 Å². The maximum absolute atomic E-state index is 14.0. The molecule has 0 aliphatic heterocycles. The number of nitrogen functional groups attached to an aromatic ring is 1. The molecule has 4 aromatic carbocycles. The van der Waals surface area contributed by atoms with Gasteiger partial charge >= 0.3 is 10.2 Å². The van der Waals surface area contributed by atoms with Crippen LogP contribution in [0.3, 0.4) is 0 Å². The second-order valence-corrected chi connectivity index (χ2v) is 15.2. The highest BCUT2D eigenvalue weighted by atomic mass is 32.2. The van der Waals surface area contributed by atoms with Gasteiger partial charge in [0, 0.05) is 50.5 Å². The van der Waals surface area contributed by atoms with E-state index in [0.29, 0.717) is 12.1 Å². The molecular weight excluding hydrogens is 679 g/mol. The number of hydrogen-bond acceptors (Lipinski definition) is 7. The SMILES string of the molecule is C[C@H](NC[C@H](Cc1ccccc1)NC(=O)c1cc(C(=O)N[C@H](C)c2ccccc2)cc(N(C)S(=O)(=O)N(C)C)c1)C(=O)N[C@H](C)c1ccc(N)cc1. The van der Waals surface area contributed by atoms with E-state index in [-0.39, 0.29) is 41.3 Å². The van der Waals surface area contributed by atoms with Crippen molar-refractivity contribution in [3.05, 3.63) is 131 Å². The molecule has 276 valence electrons. The van der Waals surface area contributed by atoms with E-state index in [4.69, 9.17) is 5.73 Å². The number of amides is 3. The lowest BCUT2D eigenvalue weighted by Gasteiger charge is -2.25. The molecule has 52 heavy (non-hydrogen) atoms. The van der Waals surface area contributed by atoms with Gasteiger partial charge in [0.1, 0.15) is 0 Å². The first kappa shape index (κ1) is 39.5. The fourth-order valence-corrected chi connectivity index (χ4v) is 6.36. The molecule has 4 rings (SSSR count). The molecule has 6 N–H and O–H groups in total. The molecule has 12 nitrogen and oxygen atoms in total. The Morgan fingerprint density at radius 2 is 1.21 bits per heavy atom. The Bertz CT molecular complexity index is 1920. The van der Waals surface area contributed by atoms with Crippen molar-refractivity contribution in [1.29, 1.82) is 0 Å². The van der Waals surface area contributed by atoms with E-state index < -0.39 is 34.1 Å². The molecule has 0 aliphatic rings. The van der Waals surface area contributed by atoms with Gasteiger partial charge in [-0.2, -0.15) is 12.7 Å². The Labute approximate surface area is 307 Å². The molecule has 13 heteroatoms. The van der Waals surface area contributed by atoms with Gasteiger partial charge in [0.25, 0.3) is 11.8 Å². The normalized spacial score (nSPS) is 13.8. The van der Waals surface area contributed by atoms with Gasteiger partial charge in [-0.1, -0.05) is 72.8 Å². The van der Waals surface area contributed by atoms with Crippen molar-refractivity contribution in [1.82, 2.24) is 25.6 Å². The second kappa shape index (κ2) is 17.8. The van der Waals surface area contributed by atoms with Gasteiger partial charge in [-0.3, -0.25) is 18.7 Å². The second-order valence-electron chi connectivity index (χ2n) is 13.0. The Morgan fingerprint density at radius 1 is 0.692 bits per heavy atom. The minimum atomic E-state index is -3.95. The molecule has 0 radical (unpaired) electrons. The van der Waals surface area contributed by atoms with Gasteiger partial charge in [0.05, 0.1) is 23.8 Å². The summed E-state index contributed by atoms with van der Waals surface area (Å²) in [7, 11) is 0.217. The number of nitrogens with two attached hydrogens (primary N) is 1. The van der Waals surface area contributed by atoms with Crippen molar-refractivity contribution < 1.29 is 22.8 Å². The third-order valence-electron chi connectivity index (χ3n) is 8.78. The number of hydrogen-bond donors (Lipinski definition) is 5. The number of nitrogens with one attached hydrogen (secondary N) is 4. The summed E-state index contributed by atoms with van der Waals surface area (Å²) < 4.78 is 28.3. The minimum absolute atomic E-state index is 0.0944. The lowest BCUT2D eigenvalue weighted by molar-refractivity contribution is -0.123. The monoisotopic (exact) mass is 727 g/mol. The summed E-state index contributed by atoms with van der Waals surface area (Å²) in [6.45, 7) is 5.72. The Kier molecular flexibility index (Phi) is 13.5. The van der Waals surface area contributed by atoms with Crippen LogP contribution in [0.15, 0.2) is 103 Å². The van der Waals surface area contributed by atoms with Crippen molar-refractivity contribution in [3.63, 3.8) is 0 Å². The molecule has 0 spiro atoms. The van der Waals surface area contributed by atoms with Crippen molar-refractivity contribution in [2.45, 2.75) is 51.4 Å². The molecule has 0 bridgehead atoms. The summed E-state index contributed by atoms with van der Waals surface area (Å²) in [5, 5.41) is 12.3. The van der Waals surface area contributed by atoms with Gasteiger partial charge in [-0.15, -0.1) is 0 Å². The minimum Gasteiger partial charge on any atom is -0.399 e. The zero-order chi connectivity index (χ0) is 38.0. The highest BCUT2D eigenvalue weighted by molar-refractivity contribution is 7.90. The fourth-order valence-electron chi connectivity index (χ4n) is 5.50. The van der Waals surface area contributed by atoms with Crippen LogP contribution in [0.25, 0.3) is 0 Å².